The predicted molar refractivity (Wildman–Crippen MR) is 47.7 cm³/mol. The Kier molecular flexibility index (Phi) is 1.69. The maximum atomic E-state index is 10.9. The van der Waals surface area contributed by atoms with Gasteiger partial charge in [0.2, 0.25) is 5.91 Å². The van der Waals surface area contributed by atoms with E-state index in [-0.39, 0.29) is 5.91 Å². The summed E-state index contributed by atoms with van der Waals surface area (Å²) in [4.78, 5) is 12.0. The van der Waals surface area contributed by atoms with E-state index >= 15 is 0 Å². The Morgan fingerprint density at radius 1 is 1.58 bits per heavy atom. The van der Waals surface area contributed by atoms with E-state index in [4.69, 9.17) is 0 Å². The van der Waals surface area contributed by atoms with Gasteiger partial charge in [-0.1, -0.05) is 0 Å². The highest BCUT2D eigenvalue weighted by molar-refractivity contribution is 7.07. The first-order valence-corrected chi connectivity index (χ1v) is 4.46. The number of rotatable bonds is 0. The molecule has 2 rings (SSSR count). The van der Waals surface area contributed by atoms with E-state index in [1.165, 1.54) is 11.5 Å². The smallest absolute Gasteiger partial charge is 0.244 e. The molecule has 0 saturated carbocycles. The highest BCUT2D eigenvalue weighted by Crippen LogP contribution is 2.21. The standard InChI is InChI=1S/C8H8N2OS/c1-5-6-4-9-8(11)3-2-7(6)12-10-5/h2-3H,4H2,1H3,(H,9,11). The molecule has 1 aromatic rings. The van der Waals surface area contributed by atoms with Crippen molar-refractivity contribution in [3.8, 4) is 0 Å². The van der Waals surface area contributed by atoms with E-state index in [2.05, 4.69) is 9.69 Å². The molecule has 0 aromatic carbocycles. The number of aryl methyl sites for hydroxylation is 1. The molecule has 1 amide bonds. The van der Waals surface area contributed by atoms with Gasteiger partial charge in [-0.2, -0.15) is 4.37 Å². The monoisotopic (exact) mass is 180 g/mol. The van der Waals surface area contributed by atoms with E-state index in [9.17, 15) is 4.79 Å². The zero-order valence-corrected chi connectivity index (χ0v) is 7.44. The first-order chi connectivity index (χ1) is 5.77. The van der Waals surface area contributed by atoms with Gasteiger partial charge in [0.15, 0.2) is 0 Å². The molecule has 1 N–H and O–H groups in total. The molecule has 4 heteroatoms. The number of carbonyl (C=O) groups excluding carboxylic acids is 1. The summed E-state index contributed by atoms with van der Waals surface area (Å²) in [6, 6.07) is 0. The minimum absolute atomic E-state index is 0.0298. The van der Waals surface area contributed by atoms with E-state index in [1.54, 1.807) is 6.08 Å². The van der Waals surface area contributed by atoms with E-state index < -0.39 is 0 Å². The van der Waals surface area contributed by atoms with Gasteiger partial charge in [0, 0.05) is 18.2 Å². The Bertz CT molecular complexity index is 354. The lowest BCUT2D eigenvalue weighted by atomic mass is 10.2. The van der Waals surface area contributed by atoms with Crippen molar-refractivity contribution in [2.75, 3.05) is 0 Å². The maximum Gasteiger partial charge on any atom is 0.244 e. The Morgan fingerprint density at radius 3 is 3.25 bits per heavy atom. The van der Waals surface area contributed by atoms with Crippen molar-refractivity contribution in [1.29, 1.82) is 0 Å². The number of nitrogens with one attached hydrogen (secondary N) is 1. The molecule has 1 aromatic heterocycles. The van der Waals surface area contributed by atoms with E-state index in [0.29, 0.717) is 6.54 Å². The predicted octanol–water partition coefficient (Wildman–Crippen LogP) is 1.09. The molecule has 0 aliphatic carbocycles. The molecule has 0 atom stereocenters. The van der Waals surface area contributed by atoms with Gasteiger partial charge in [0.25, 0.3) is 0 Å². The van der Waals surface area contributed by atoms with Crippen LogP contribution in [0.5, 0.6) is 0 Å². The number of hydrogen-bond acceptors (Lipinski definition) is 3. The van der Waals surface area contributed by atoms with Crippen LogP contribution in [0.4, 0.5) is 0 Å². The SMILES string of the molecule is Cc1nsc2c1CNC(=O)C=C2. The summed E-state index contributed by atoms with van der Waals surface area (Å²) in [6.45, 7) is 2.56. The number of carbonyl (C=O) groups is 1. The van der Waals surface area contributed by atoms with Crippen molar-refractivity contribution in [1.82, 2.24) is 9.69 Å². The summed E-state index contributed by atoms with van der Waals surface area (Å²) in [7, 11) is 0. The van der Waals surface area contributed by atoms with Crippen molar-refractivity contribution in [3.63, 3.8) is 0 Å². The van der Waals surface area contributed by atoms with Crippen LogP contribution in [-0.2, 0) is 11.3 Å². The molecule has 2 heterocycles. The van der Waals surface area contributed by atoms with Crippen LogP contribution in [0.1, 0.15) is 16.1 Å². The number of aromatic nitrogens is 1. The molecule has 12 heavy (non-hydrogen) atoms. The molecule has 1 aliphatic rings. The van der Waals surface area contributed by atoms with Crippen molar-refractivity contribution < 1.29 is 4.79 Å². The van der Waals surface area contributed by atoms with Gasteiger partial charge < -0.3 is 5.32 Å². The van der Waals surface area contributed by atoms with E-state index in [0.717, 1.165) is 16.1 Å². The Hall–Kier alpha value is -1.16. The molecule has 0 radical (unpaired) electrons. The normalized spacial score (nSPS) is 15.2. The van der Waals surface area contributed by atoms with Gasteiger partial charge in [-0.15, -0.1) is 0 Å². The zero-order chi connectivity index (χ0) is 8.55. The van der Waals surface area contributed by atoms with Crippen molar-refractivity contribution in [2.45, 2.75) is 13.5 Å². The summed E-state index contributed by atoms with van der Waals surface area (Å²) in [5.41, 5.74) is 2.16. The number of fused-ring (bicyclic) bond motifs is 1. The van der Waals surface area contributed by atoms with Crippen molar-refractivity contribution in [2.24, 2.45) is 0 Å². The third-order valence-electron chi connectivity index (χ3n) is 1.84. The molecule has 0 bridgehead atoms. The van der Waals surface area contributed by atoms with Gasteiger partial charge >= 0.3 is 0 Å². The summed E-state index contributed by atoms with van der Waals surface area (Å²) in [5.74, 6) is -0.0298. The Balaban J connectivity index is 2.46. The van der Waals surface area contributed by atoms with Crippen LogP contribution < -0.4 is 5.32 Å². The average Bonchev–Trinajstić information content (AvgIpc) is 2.28. The minimum Gasteiger partial charge on any atom is -0.348 e. The number of hydrogen-bond donors (Lipinski definition) is 1. The van der Waals surface area contributed by atoms with Crippen LogP contribution in [0.3, 0.4) is 0 Å². The first-order valence-electron chi connectivity index (χ1n) is 3.68. The van der Waals surface area contributed by atoms with Gasteiger partial charge in [-0.05, 0) is 24.5 Å². The summed E-state index contributed by atoms with van der Waals surface area (Å²) in [6.07, 6.45) is 3.37. The molecule has 62 valence electrons. The second kappa shape index (κ2) is 2.71. The lowest BCUT2D eigenvalue weighted by Gasteiger charge is -1.98. The Labute approximate surface area is 74.3 Å². The van der Waals surface area contributed by atoms with Crippen LogP contribution in [0, 0.1) is 6.92 Å². The molecule has 0 fully saturated rings. The fraction of sp³-hybridized carbons (Fsp3) is 0.250. The third kappa shape index (κ3) is 1.14. The van der Waals surface area contributed by atoms with Gasteiger partial charge in [0.1, 0.15) is 0 Å². The third-order valence-corrected chi connectivity index (χ3v) is 2.78. The minimum atomic E-state index is -0.0298. The fourth-order valence-corrected chi connectivity index (χ4v) is 1.94. The van der Waals surface area contributed by atoms with Crippen LogP contribution in [-0.4, -0.2) is 10.3 Å². The van der Waals surface area contributed by atoms with Crippen LogP contribution in [0.2, 0.25) is 0 Å². The molecule has 3 nitrogen and oxygen atoms in total. The number of nitrogens with zero attached hydrogens (tertiary/aromatic N) is 1. The first kappa shape index (κ1) is 7.49. The second-order valence-electron chi connectivity index (χ2n) is 2.66. The van der Waals surface area contributed by atoms with Crippen molar-refractivity contribution >= 4 is 23.5 Å². The van der Waals surface area contributed by atoms with Gasteiger partial charge in [-0.25, -0.2) is 0 Å². The summed E-state index contributed by atoms with van der Waals surface area (Å²) >= 11 is 1.44. The lowest BCUT2D eigenvalue weighted by molar-refractivity contribution is -0.116. The second-order valence-corrected chi connectivity index (χ2v) is 3.47. The summed E-state index contributed by atoms with van der Waals surface area (Å²) in [5, 5.41) is 2.77. The molecule has 0 spiro atoms. The molecule has 0 unspecified atom stereocenters. The van der Waals surface area contributed by atoms with Gasteiger partial charge in [-0.3, -0.25) is 4.79 Å². The van der Waals surface area contributed by atoms with Gasteiger partial charge in [0.05, 0.1) is 10.6 Å². The fourth-order valence-electron chi connectivity index (χ4n) is 1.14. The summed E-state index contributed by atoms with van der Waals surface area (Å²) < 4.78 is 4.20. The highest BCUT2D eigenvalue weighted by atomic mass is 32.1. The molecule has 1 aliphatic heterocycles. The largest absolute Gasteiger partial charge is 0.348 e. The molecule has 0 saturated heterocycles. The Morgan fingerprint density at radius 2 is 2.42 bits per heavy atom. The highest BCUT2D eigenvalue weighted by Gasteiger charge is 2.11. The zero-order valence-electron chi connectivity index (χ0n) is 6.63. The van der Waals surface area contributed by atoms with E-state index in [1.807, 2.05) is 13.0 Å². The topological polar surface area (TPSA) is 42.0 Å². The van der Waals surface area contributed by atoms with Crippen LogP contribution in [0.25, 0.3) is 6.08 Å². The molecular formula is C8H8N2OS. The lowest BCUT2D eigenvalue weighted by Crippen LogP contribution is -2.19. The van der Waals surface area contributed by atoms with Crippen molar-refractivity contribution in [3.05, 3.63) is 22.2 Å². The van der Waals surface area contributed by atoms with Crippen LogP contribution >= 0.6 is 11.5 Å². The molecular weight excluding hydrogens is 172 g/mol. The quantitative estimate of drug-likeness (QED) is 0.649. The van der Waals surface area contributed by atoms with Crippen LogP contribution in [0.15, 0.2) is 6.08 Å². The maximum absolute atomic E-state index is 10.9. The average molecular weight is 180 g/mol. The number of amides is 1.